The first-order valence-electron chi connectivity index (χ1n) is 28.5. The quantitative estimate of drug-likeness (QED) is 0.0143. The monoisotopic (exact) mass is 1540 g/mol. The van der Waals surface area contributed by atoms with Crippen molar-refractivity contribution < 1.29 is 173 Å². The van der Waals surface area contributed by atoms with E-state index in [1.165, 1.54) is 18.3 Å². The van der Waals surface area contributed by atoms with E-state index in [9.17, 15) is 30.4 Å². The SMILES string of the molecule is C.CC(C)(C)S(=O)(=O)c1cc2c(Cl)ccnc2cc1O.COCCCBr.COCCCOc1cc2nccc(Cl)c2cc1S(=O)(=O)C(C)(C)C.COCCCOc1cc2nccc(Nc3n[nH]c(C)c3C)c2cc1S(=O)(=O)C(C)(C)C.Cc1[nH]nc(N)c1C.O=CO[O-].[H-].[K+].[K+]. The number of anilines is 3. The van der Waals surface area contributed by atoms with Crippen molar-refractivity contribution in [2.75, 3.05) is 70.7 Å². The first-order valence-corrected chi connectivity index (χ1v) is 34.8. The van der Waals surface area contributed by atoms with Crippen molar-refractivity contribution in [3.63, 3.8) is 0 Å². The predicted molar refractivity (Wildman–Crippen MR) is 371 cm³/mol. The standard InChI is InChI=1S/C22H30N4O4S.C17H22ClNO4S.C13H14ClNO3S.C5H9N3.C4H9BrO.CH2O3.CH4.2K.H/c1-14-15(2)25-26-21(14)24-17-8-9-23-18-13-19(30-11-7-10-29-6)20(12-16(17)18)31(27,28)22(3,4)5;1-17(2,3)24(20,21)16-10-12-13(18)6-7-19-14(12)11-15(16)23-9-5-8-22-4;1-13(2,3)19(17,18)12-6-8-9(14)4-5-15-10(8)7-11(12)16;1-3-4(2)7-8-5(3)6;1-6-4-2-3-5;2-1-4-3;;;;/h8-9,12-13H,7,10-11H2,1-6H3,(H2,23,24,25,26);6-7,10-11H,5,8-9H2,1-4H3;4-7,16H,1-3H3;1-2H3,(H3,6,7,8);2-4H2,1H3;1,3H;1H4;;;/q;;;;;;;2*+1;-1/p-1. The molecule has 8 rings (SSSR count). The van der Waals surface area contributed by atoms with E-state index >= 15 is 0 Å². The van der Waals surface area contributed by atoms with Gasteiger partial charge in [0, 0.05) is 135 Å². The number of halogens is 3. The number of aromatic hydroxyl groups is 1. The Labute approximate surface area is 664 Å². The maximum absolute atomic E-state index is 13.4. The number of alkyl halides is 1. The Morgan fingerprint density at radius 1 is 0.600 bits per heavy atom. The third-order valence-corrected chi connectivity index (χ3v) is 22.2. The Morgan fingerprint density at radius 2 is 0.968 bits per heavy atom. The summed E-state index contributed by atoms with van der Waals surface area (Å²) in [5.41, 5.74) is 11.8. The van der Waals surface area contributed by atoms with Gasteiger partial charge in [0.15, 0.2) is 35.3 Å². The van der Waals surface area contributed by atoms with Crippen molar-refractivity contribution in [3.8, 4) is 17.2 Å². The number of benzene rings is 3. The minimum Gasteiger partial charge on any atom is -1.00 e. The van der Waals surface area contributed by atoms with Crippen LogP contribution in [0.2, 0.25) is 10.0 Å². The molecule has 0 aliphatic carbocycles. The van der Waals surface area contributed by atoms with Crippen LogP contribution in [0, 0.1) is 27.7 Å². The number of sulfone groups is 3. The number of rotatable bonds is 19. The topological polar surface area (TPSA) is 352 Å². The fraction of sp³-hybridized carbons (Fsp3) is 0.460. The van der Waals surface area contributed by atoms with Crippen LogP contribution in [0.15, 0.2) is 87.9 Å². The van der Waals surface area contributed by atoms with Gasteiger partial charge in [-0.15, -0.1) is 0 Å². The summed E-state index contributed by atoms with van der Waals surface area (Å²) < 4.78 is 101. The number of aromatic nitrogens is 7. The number of fused-ring (bicyclic) bond motifs is 3. The Hall–Kier alpha value is -3.20. The number of phenols is 1. The molecule has 0 fully saturated rings. The van der Waals surface area contributed by atoms with Gasteiger partial charge in [0.25, 0.3) is 6.47 Å². The number of ether oxygens (including phenoxy) is 5. The predicted octanol–water partition coefficient (Wildman–Crippen LogP) is 6.57. The molecule has 0 aliphatic heterocycles. The fourth-order valence-corrected chi connectivity index (χ4v) is 12.1. The molecule has 8 aromatic rings. The number of hydrogen-bond acceptors (Lipinski definition) is 22. The average Bonchev–Trinajstić information content (AvgIpc) is 0.811. The number of hydrogen-bond donors (Lipinski definition) is 5. The van der Waals surface area contributed by atoms with Gasteiger partial charge in [0.05, 0.1) is 59.7 Å². The van der Waals surface area contributed by atoms with Crippen molar-refractivity contribution in [2.45, 2.75) is 146 Å². The molecule has 6 N–H and O–H groups in total. The summed E-state index contributed by atoms with van der Waals surface area (Å²) in [5.74, 6) is 1.57. The van der Waals surface area contributed by atoms with Gasteiger partial charge in [-0.2, -0.15) is 10.2 Å². The van der Waals surface area contributed by atoms with Gasteiger partial charge in [-0.3, -0.25) is 29.9 Å². The first kappa shape index (κ1) is 91.8. The number of pyridine rings is 3. The van der Waals surface area contributed by atoms with Crippen LogP contribution < -0.4 is 129 Å². The first-order chi connectivity index (χ1) is 42.9. The van der Waals surface area contributed by atoms with Crippen LogP contribution >= 0.6 is 39.1 Å². The molecule has 5 heterocycles. The van der Waals surface area contributed by atoms with Crippen LogP contribution in [0.4, 0.5) is 17.3 Å². The average molecular weight is 1540 g/mol. The number of carbonyl (C=O) groups is 1. The second kappa shape index (κ2) is 42.2. The minimum absolute atomic E-state index is 0. The Morgan fingerprint density at radius 3 is 1.32 bits per heavy atom. The van der Waals surface area contributed by atoms with Crippen molar-refractivity contribution >= 4 is 125 Å². The third kappa shape index (κ3) is 26.0. The zero-order chi connectivity index (χ0) is 69.6. The molecule has 0 unspecified atom stereocenters. The second-order valence-corrected chi connectivity index (χ2v) is 32.8. The number of carbonyl (C=O) groups excluding carboxylic acids is 1. The minimum atomic E-state index is -3.67. The van der Waals surface area contributed by atoms with Gasteiger partial charge in [0.1, 0.15) is 37.8 Å². The number of H-pyrrole nitrogens is 2. The van der Waals surface area contributed by atoms with E-state index in [0.717, 1.165) is 46.6 Å². The molecule has 0 spiro atoms. The number of nitrogen functional groups attached to an aromatic ring is 1. The number of nitrogens with one attached hydrogen (secondary N) is 3. The van der Waals surface area contributed by atoms with E-state index in [1.807, 2.05) is 27.7 Å². The molecule has 518 valence electrons. The molecule has 24 nitrogen and oxygen atoms in total. The molecule has 3 aromatic carbocycles. The summed E-state index contributed by atoms with van der Waals surface area (Å²) in [6.45, 7) is 25.0. The molecule has 0 bridgehead atoms. The van der Waals surface area contributed by atoms with Crippen LogP contribution in [0.25, 0.3) is 32.7 Å². The molecule has 5 aromatic heterocycles. The summed E-state index contributed by atoms with van der Waals surface area (Å²) in [4.78, 5) is 24.1. The zero-order valence-electron chi connectivity index (χ0n) is 57.7. The van der Waals surface area contributed by atoms with Crippen LogP contribution in [0.1, 0.15) is 113 Å². The maximum Gasteiger partial charge on any atom is 1.00 e. The van der Waals surface area contributed by atoms with Crippen LogP contribution in [0.5, 0.6) is 17.2 Å². The van der Waals surface area contributed by atoms with Crippen molar-refractivity contribution in [1.82, 2.24) is 35.3 Å². The van der Waals surface area contributed by atoms with E-state index in [0.29, 0.717) is 105 Å². The van der Waals surface area contributed by atoms with Gasteiger partial charge >= 0.3 is 103 Å². The summed E-state index contributed by atoms with van der Waals surface area (Å²) in [5, 5.41) is 39.1. The molecule has 0 saturated heterocycles. The summed E-state index contributed by atoms with van der Waals surface area (Å²) in [6, 6.07) is 14.2. The molecular weight excluding hydrogens is 1450 g/mol. The van der Waals surface area contributed by atoms with Crippen molar-refractivity contribution in [1.29, 1.82) is 0 Å². The summed E-state index contributed by atoms with van der Waals surface area (Å²) >= 11 is 15.5. The molecule has 0 amide bonds. The molecule has 32 heteroatoms. The van der Waals surface area contributed by atoms with Gasteiger partial charge in [-0.25, -0.2) is 25.3 Å². The van der Waals surface area contributed by atoms with Crippen molar-refractivity contribution in [2.24, 2.45) is 0 Å². The van der Waals surface area contributed by atoms with Crippen LogP contribution in [-0.2, 0) is 53.4 Å². The van der Waals surface area contributed by atoms with E-state index in [1.54, 1.807) is 139 Å². The maximum atomic E-state index is 13.4. The van der Waals surface area contributed by atoms with Crippen LogP contribution in [0.3, 0.4) is 0 Å². The fourth-order valence-electron chi connectivity index (χ4n) is 7.57. The molecule has 95 heavy (non-hydrogen) atoms. The Kier molecular flexibility index (Phi) is 40.7. The Bertz CT molecular complexity index is 4060. The van der Waals surface area contributed by atoms with Gasteiger partial charge < -0.3 is 51.4 Å². The van der Waals surface area contributed by atoms with Gasteiger partial charge in [0.2, 0.25) is 0 Å². The molecular formula is C63H90BrCl2K2N9O15S3. The van der Waals surface area contributed by atoms with E-state index < -0.39 is 43.8 Å². The number of methoxy groups -OCH3 is 3. The summed E-state index contributed by atoms with van der Waals surface area (Å²) in [7, 11) is -5.98. The number of nitrogens with zero attached hydrogens (tertiary/aromatic N) is 5. The van der Waals surface area contributed by atoms with Crippen molar-refractivity contribution in [3.05, 3.63) is 106 Å². The second-order valence-electron chi connectivity index (χ2n) is 23.2. The molecule has 0 radical (unpaired) electrons. The number of aromatic amines is 2. The Balaban J connectivity index is 0. The number of aryl methyl sites for hydroxylation is 2. The third-order valence-electron chi connectivity index (χ3n) is 13.4. The molecule has 0 atom stereocenters. The molecule has 0 aliphatic rings. The molecule has 0 saturated carbocycles. The number of phenolic OH excluding ortho intramolecular Hbond substituents is 1. The normalized spacial score (nSPS) is 11.4. The zero-order valence-corrected chi connectivity index (χ0v) is 68.5. The van der Waals surface area contributed by atoms with E-state index in [-0.39, 0.29) is 139 Å². The van der Waals surface area contributed by atoms with Gasteiger partial charge in [-0.1, -0.05) is 46.6 Å². The van der Waals surface area contributed by atoms with Crippen LogP contribution in [-0.4, -0.2) is 146 Å². The van der Waals surface area contributed by atoms with E-state index in [4.69, 9.17) is 62.7 Å². The van der Waals surface area contributed by atoms with Gasteiger partial charge in [-0.05, 0) is 133 Å². The smallest absolute Gasteiger partial charge is 1.00 e. The van der Waals surface area contributed by atoms with E-state index in [2.05, 4.69) is 61.5 Å². The number of nitrogens with two attached hydrogens (primary N) is 1. The summed E-state index contributed by atoms with van der Waals surface area (Å²) in [6.07, 6.45) is 7.17. The largest absolute Gasteiger partial charge is 1.00 e.